The standard InChI is InChI=1S/C19H30N4O/c1-20-19(21-10-4-5-11-23-12-6-7-13-23)22-15-17-14-16-8-2-3-9-18(16)24-17/h2-3,8-9,17H,4-7,10-15H2,1H3,(H2,20,21,22). The Balaban J connectivity index is 1.28. The smallest absolute Gasteiger partial charge is 0.191 e. The van der Waals surface area contributed by atoms with Crippen molar-refractivity contribution in [3.8, 4) is 5.75 Å². The van der Waals surface area contributed by atoms with Gasteiger partial charge in [0.1, 0.15) is 11.9 Å². The number of fused-ring (bicyclic) bond motifs is 1. The molecule has 1 atom stereocenters. The number of nitrogens with zero attached hydrogens (tertiary/aromatic N) is 2. The Labute approximate surface area is 145 Å². The van der Waals surface area contributed by atoms with E-state index in [0.717, 1.165) is 31.2 Å². The number of hydrogen-bond acceptors (Lipinski definition) is 3. The summed E-state index contributed by atoms with van der Waals surface area (Å²) in [6.07, 6.45) is 6.35. The first kappa shape index (κ1) is 17.1. The lowest BCUT2D eigenvalue weighted by atomic mass is 10.1. The van der Waals surface area contributed by atoms with Crippen molar-refractivity contribution in [2.24, 2.45) is 4.99 Å². The van der Waals surface area contributed by atoms with Gasteiger partial charge in [-0.15, -0.1) is 0 Å². The Bertz CT molecular complexity index is 515. The molecule has 2 N–H and O–H groups in total. The number of nitrogens with one attached hydrogen (secondary N) is 2. The van der Waals surface area contributed by atoms with E-state index < -0.39 is 0 Å². The minimum atomic E-state index is 0.191. The quantitative estimate of drug-likeness (QED) is 0.456. The molecule has 0 aliphatic carbocycles. The molecule has 0 aromatic heterocycles. The largest absolute Gasteiger partial charge is 0.488 e. The predicted octanol–water partition coefficient (Wildman–Crippen LogP) is 2.03. The zero-order chi connectivity index (χ0) is 16.6. The predicted molar refractivity (Wildman–Crippen MR) is 98.8 cm³/mol. The van der Waals surface area contributed by atoms with Gasteiger partial charge in [-0.25, -0.2) is 0 Å². The van der Waals surface area contributed by atoms with Gasteiger partial charge >= 0.3 is 0 Å². The lowest BCUT2D eigenvalue weighted by Crippen LogP contribution is -2.42. The number of para-hydroxylation sites is 1. The molecular formula is C19H30N4O. The summed E-state index contributed by atoms with van der Waals surface area (Å²) >= 11 is 0. The number of aliphatic imine (C=N–C) groups is 1. The maximum atomic E-state index is 5.95. The Hall–Kier alpha value is -1.75. The molecule has 5 nitrogen and oxygen atoms in total. The average Bonchev–Trinajstić information content (AvgIpc) is 3.26. The minimum Gasteiger partial charge on any atom is -0.488 e. The number of unbranched alkanes of at least 4 members (excludes halogenated alkanes) is 1. The third-order valence-corrected chi connectivity index (χ3v) is 4.83. The fourth-order valence-corrected chi connectivity index (χ4v) is 3.47. The Morgan fingerprint density at radius 2 is 2.04 bits per heavy atom. The van der Waals surface area contributed by atoms with Crippen molar-refractivity contribution in [2.45, 2.75) is 38.2 Å². The van der Waals surface area contributed by atoms with E-state index in [0.29, 0.717) is 0 Å². The van der Waals surface area contributed by atoms with Gasteiger partial charge in [0, 0.05) is 20.0 Å². The summed E-state index contributed by atoms with van der Waals surface area (Å²) in [5, 5.41) is 6.79. The van der Waals surface area contributed by atoms with Crippen LogP contribution in [0.5, 0.6) is 5.75 Å². The fraction of sp³-hybridized carbons (Fsp3) is 0.632. The van der Waals surface area contributed by atoms with E-state index >= 15 is 0 Å². The van der Waals surface area contributed by atoms with Crippen molar-refractivity contribution >= 4 is 5.96 Å². The van der Waals surface area contributed by atoms with Crippen molar-refractivity contribution in [3.05, 3.63) is 29.8 Å². The Morgan fingerprint density at radius 1 is 1.21 bits per heavy atom. The molecule has 3 rings (SSSR count). The minimum absolute atomic E-state index is 0.191. The van der Waals surface area contributed by atoms with Crippen LogP contribution in [0.3, 0.4) is 0 Å². The lowest BCUT2D eigenvalue weighted by molar-refractivity contribution is 0.235. The van der Waals surface area contributed by atoms with E-state index in [1.165, 1.54) is 50.9 Å². The van der Waals surface area contributed by atoms with Crippen molar-refractivity contribution in [1.82, 2.24) is 15.5 Å². The van der Waals surface area contributed by atoms with E-state index in [1.54, 1.807) is 0 Å². The molecule has 1 unspecified atom stereocenters. The van der Waals surface area contributed by atoms with Crippen LogP contribution in [0.4, 0.5) is 0 Å². The summed E-state index contributed by atoms with van der Waals surface area (Å²) in [5.41, 5.74) is 1.30. The number of rotatable bonds is 7. The first-order chi connectivity index (χ1) is 11.8. The van der Waals surface area contributed by atoms with E-state index in [9.17, 15) is 0 Å². The van der Waals surface area contributed by atoms with Crippen LogP contribution in [0.15, 0.2) is 29.3 Å². The molecule has 2 aliphatic rings. The highest BCUT2D eigenvalue weighted by Crippen LogP contribution is 2.27. The molecule has 0 amide bonds. The van der Waals surface area contributed by atoms with Crippen LogP contribution in [-0.4, -0.2) is 56.7 Å². The molecule has 1 saturated heterocycles. The summed E-state index contributed by atoms with van der Waals surface area (Å²) in [5.74, 6) is 1.89. The molecule has 1 fully saturated rings. The number of ether oxygens (including phenoxy) is 1. The number of guanidine groups is 1. The molecule has 0 bridgehead atoms. The molecule has 2 heterocycles. The lowest BCUT2D eigenvalue weighted by Gasteiger charge is -2.16. The molecule has 0 saturated carbocycles. The summed E-state index contributed by atoms with van der Waals surface area (Å²) in [4.78, 5) is 6.87. The van der Waals surface area contributed by atoms with Crippen LogP contribution in [-0.2, 0) is 6.42 Å². The molecule has 0 radical (unpaired) electrons. The van der Waals surface area contributed by atoms with Crippen LogP contribution in [0.2, 0.25) is 0 Å². The average molecular weight is 330 g/mol. The van der Waals surface area contributed by atoms with E-state index in [-0.39, 0.29) is 6.10 Å². The molecular weight excluding hydrogens is 300 g/mol. The van der Waals surface area contributed by atoms with Crippen molar-refractivity contribution in [3.63, 3.8) is 0 Å². The molecule has 24 heavy (non-hydrogen) atoms. The normalized spacial score (nSPS) is 20.7. The fourth-order valence-electron chi connectivity index (χ4n) is 3.47. The summed E-state index contributed by atoms with van der Waals surface area (Å²) in [7, 11) is 1.82. The first-order valence-electron chi connectivity index (χ1n) is 9.26. The topological polar surface area (TPSA) is 48.9 Å². The second kappa shape index (κ2) is 8.92. The SMILES string of the molecule is CN=C(NCCCCN1CCCC1)NCC1Cc2ccccc2O1. The van der Waals surface area contributed by atoms with E-state index in [2.05, 4.69) is 32.7 Å². The Morgan fingerprint density at radius 3 is 2.83 bits per heavy atom. The van der Waals surface area contributed by atoms with Gasteiger partial charge in [0.05, 0.1) is 6.54 Å². The maximum Gasteiger partial charge on any atom is 0.191 e. The van der Waals surface area contributed by atoms with Crippen LogP contribution in [0.1, 0.15) is 31.2 Å². The van der Waals surface area contributed by atoms with Crippen LogP contribution < -0.4 is 15.4 Å². The molecule has 0 spiro atoms. The highest BCUT2D eigenvalue weighted by molar-refractivity contribution is 5.79. The summed E-state index contributed by atoms with van der Waals surface area (Å²) in [6.45, 7) is 5.57. The van der Waals surface area contributed by atoms with Gasteiger partial charge in [0.15, 0.2) is 5.96 Å². The van der Waals surface area contributed by atoms with Gasteiger partial charge in [0.2, 0.25) is 0 Å². The van der Waals surface area contributed by atoms with Gasteiger partial charge in [-0.2, -0.15) is 0 Å². The van der Waals surface area contributed by atoms with E-state index in [4.69, 9.17) is 4.74 Å². The second-order valence-electron chi connectivity index (χ2n) is 6.69. The number of benzene rings is 1. The highest BCUT2D eigenvalue weighted by Gasteiger charge is 2.22. The second-order valence-corrected chi connectivity index (χ2v) is 6.69. The van der Waals surface area contributed by atoms with Gasteiger partial charge < -0.3 is 20.3 Å². The molecule has 5 heteroatoms. The molecule has 132 valence electrons. The third-order valence-electron chi connectivity index (χ3n) is 4.83. The summed E-state index contributed by atoms with van der Waals surface area (Å²) < 4.78 is 5.95. The highest BCUT2D eigenvalue weighted by atomic mass is 16.5. The first-order valence-corrected chi connectivity index (χ1v) is 9.26. The van der Waals surface area contributed by atoms with Gasteiger partial charge in [-0.1, -0.05) is 18.2 Å². The van der Waals surface area contributed by atoms with Gasteiger partial charge in [-0.05, 0) is 56.9 Å². The zero-order valence-electron chi connectivity index (χ0n) is 14.8. The third kappa shape index (κ3) is 4.87. The van der Waals surface area contributed by atoms with Crippen LogP contribution in [0, 0.1) is 0 Å². The van der Waals surface area contributed by atoms with Gasteiger partial charge in [0.25, 0.3) is 0 Å². The summed E-state index contributed by atoms with van der Waals surface area (Å²) in [6, 6.07) is 8.28. The number of likely N-dealkylation sites (tertiary alicyclic amines) is 1. The monoisotopic (exact) mass is 330 g/mol. The van der Waals surface area contributed by atoms with Crippen LogP contribution >= 0.6 is 0 Å². The molecule has 2 aliphatic heterocycles. The van der Waals surface area contributed by atoms with Gasteiger partial charge in [-0.3, -0.25) is 4.99 Å². The van der Waals surface area contributed by atoms with Crippen molar-refractivity contribution in [1.29, 1.82) is 0 Å². The van der Waals surface area contributed by atoms with E-state index in [1.807, 2.05) is 19.2 Å². The molecule has 1 aromatic rings. The Kier molecular flexibility index (Phi) is 6.35. The van der Waals surface area contributed by atoms with Crippen LogP contribution in [0.25, 0.3) is 0 Å². The maximum absolute atomic E-state index is 5.95. The van der Waals surface area contributed by atoms with Crippen molar-refractivity contribution < 1.29 is 4.74 Å². The number of hydrogen-bond donors (Lipinski definition) is 2. The molecule has 1 aromatic carbocycles. The zero-order valence-corrected chi connectivity index (χ0v) is 14.8. The van der Waals surface area contributed by atoms with Crippen molar-refractivity contribution in [2.75, 3.05) is 39.8 Å².